The van der Waals surface area contributed by atoms with E-state index in [1.807, 2.05) is 0 Å². The summed E-state index contributed by atoms with van der Waals surface area (Å²) in [5, 5.41) is 17.6. The Hall–Kier alpha value is -2.52. The molecular formula is C8H4F3N5O2. The van der Waals surface area contributed by atoms with E-state index in [0.29, 0.717) is 12.3 Å². The maximum Gasteiger partial charge on any atom is 0.418 e. The molecule has 0 aromatic carbocycles. The van der Waals surface area contributed by atoms with Crippen LogP contribution in [0.5, 0.6) is 0 Å². The molecule has 0 unspecified atom stereocenters. The SMILES string of the molecule is O=[N+]([O-])c1cc(C(F)(F)F)cnc1-n1ccnn1. The lowest BCUT2D eigenvalue weighted by Gasteiger charge is -2.07. The molecule has 0 aliphatic heterocycles. The van der Waals surface area contributed by atoms with Gasteiger partial charge in [-0.05, 0) is 0 Å². The third-order valence-electron chi connectivity index (χ3n) is 2.01. The van der Waals surface area contributed by atoms with Crippen LogP contribution in [0, 0.1) is 10.1 Å². The first-order valence-corrected chi connectivity index (χ1v) is 4.48. The average Bonchev–Trinajstić information content (AvgIpc) is 2.80. The summed E-state index contributed by atoms with van der Waals surface area (Å²) in [4.78, 5) is 13.2. The molecule has 2 heterocycles. The van der Waals surface area contributed by atoms with Crippen LogP contribution in [0.2, 0.25) is 0 Å². The maximum atomic E-state index is 12.4. The second-order valence-electron chi connectivity index (χ2n) is 3.17. The lowest BCUT2D eigenvalue weighted by molar-refractivity contribution is -0.385. The molecule has 0 amide bonds. The summed E-state index contributed by atoms with van der Waals surface area (Å²) in [5.41, 5.74) is -1.99. The molecular weight excluding hydrogens is 255 g/mol. The van der Waals surface area contributed by atoms with Gasteiger partial charge in [-0.15, -0.1) is 5.10 Å². The summed E-state index contributed by atoms with van der Waals surface area (Å²) in [6.45, 7) is 0. The van der Waals surface area contributed by atoms with Crippen molar-refractivity contribution in [2.45, 2.75) is 6.18 Å². The highest BCUT2D eigenvalue weighted by molar-refractivity contribution is 5.48. The zero-order chi connectivity index (χ0) is 13.3. The van der Waals surface area contributed by atoms with Crippen molar-refractivity contribution in [1.82, 2.24) is 20.0 Å². The van der Waals surface area contributed by atoms with Crippen LogP contribution in [0.4, 0.5) is 18.9 Å². The Balaban J connectivity index is 2.59. The van der Waals surface area contributed by atoms with Gasteiger partial charge in [0.25, 0.3) is 0 Å². The molecule has 18 heavy (non-hydrogen) atoms. The molecule has 0 spiro atoms. The summed E-state index contributed by atoms with van der Waals surface area (Å²) in [6, 6.07) is 0.407. The third kappa shape index (κ3) is 2.12. The van der Waals surface area contributed by atoms with Gasteiger partial charge in [-0.25, -0.2) is 4.98 Å². The smallest absolute Gasteiger partial charge is 0.258 e. The fraction of sp³-hybridized carbons (Fsp3) is 0.125. The molecule has 0 bridgehead atoms. The zero-order valence-corrected chi connectivity index (χ0v) is 8.50. The van der Waals surface area contributed by atoms with E-state index < -0.39 is 22.4 Å². The lowest BCUT2D eigenvalue weighted by atomic mass is 10.2. The van der Waals surface area contributed by atoms with Gasteiger partial charge in [-0.1, -0.05) is 5.21 Å². The molecule has 0 radical (unpaired) electrons. The minimum absolute atomic E-state index is 0.328. The van der Waals surface area contributed by atoms with Crippen LogP contribution < -0.4 is 0 Å². The number of pyridine rings is 1. The summed E-state index contributed by atoms with van der Waals surface area (Å²) in [6.07, 6.45) is -1.73. The maximum absolute atomic E-state index is 12.4. The molecule has 0 aliphatic rings. The average molecular weight is 259 g/mol. The Morgan fingerprint density at radius 2 is 2.11 bits per heavy atom. The van der Waals surface area contributed by atoms with Gasteiger partial charge >= 0.3 is 11.9 Å². The van der Waals surface area contributed by atoms with Crippen LogP contribution in [0.15, 0.2) is 24.7 Å². The number of halogens is 3. The molecule has 0 fully saturated rings. The van der Waals surface area contributed by atoms with Crippen molar-refractivity contribution in [2.75, 3.05) is 0 Å². The molecule has 2 aromatic heterocycles. The van der Waals surface area contributed by atoms with Crippen molar-refractivity contribution in [3.8, 4) is 5.82 Å². The van der Waals surface area contributed by atoms with Crippen LogP contribution in [-0.4, -0.2) is 24.9 Å². The molecule has 2 aromatic rings. The van der Waals surface area contributed by atoms with Crippen molar-refractivity contribution in [3.05, 3.63) is 40.3 Å². The fourth-order valence-corrected chi connectivity index (χ4v) is 1.23. The van der Waals surface area contributed by atoms with Gasteiger partial charge in [-0.3, -0.25) is 10.1 Å². The Bertz CT molecular complexity index is 581. The van der Waals surface area contributed by atoms with E-state index >= 15 is 0 Å². The topological polar surface area (TPSA) is 86.7 Å². The molecule has 0 N–H and O–H groups in total. The molecule has 0 atom stereocenters. The highest BCUT2D eigenvalue weighted by atomic mass is 19.4. The standard InChI is InChI=1S/C8H4F3N5O2/c9-8(10,11)5-3-6(16(17)18)7(12-4-5)15-2-1-13-14-15/h1-4H. The number of nitro groups is 1. The Labute approximate surface area is 97.0 Å². The molecule has 0 saturated heterocycles. The first-order valence-electron chi connectivity index (χ1n) is 4.48. The van der Waals surface area contributed by atoms with Gasteiger partial charge in [-0.2, -0.15) is 17.9 Å². The van der Waals surface area contributed by atoms with Crippen LogP contribution in [0.1, 0.15) is 5.56 Å². The van der Waals surface area contributed by atoms with Crippen molar-refractivity contribution in [2.24, 2.45) is 0 Å². The number of alkyl halides is 3. The predicted molar refractivity (Wildman–Crippen MR) is 50.8 cm³/mol. The van der Waals surface area contributed by atoms with E-state index in [1.54, 1.807) is 0 Å². The summed E-state index contributed by atoms with van der Waals surface area (Å²) < 4.78 is 38.1. The molecule has 10 heteroatoms. The normalized spacial score (nSPS) is 11.5. The van der Waals surface area contributed by atoms with E-state index in [-0.39, 0.29) is 5.82 Å². The molecule has 0 saturated carbocycles. The van der Waals surface area contributed by atoms with Crippen LogP contribution >= 0.6 is 0 Å². The zero-order valence-electron chi connectivity index (χ0n) is 8.50. The number of aromatic nitrogens is 4. The minimum atomic E-state index is -4.70. The summed E-state index contributed by atoms with van der Waals surface area (Å²) in [7, 11) is 0. The molecule has 7 nitrogen and oxygen atoms in total. The third-order valence-corrected chi connectivity index (χ3v) is 2.01. The highest BCUT2D eigenvalue weighted by Gasteiger charge is 2.34. The number of hydrogen-bond donors (Lipinski definition) is 0. The van der Waals surface area contributed by atoms with Gasteiger partial charge in [0.2, 0.25) is 5.82 Å². The molecule has 0 aliphatic carbocycles. The van der Waals surface area contributed by atoms with Crippen LogP contribution in [-0.2, 0) is 6.18 Å². The van der Waals surface area contributed by atoms with E-state index in [2.05, 4.69) is 15.3 Å². The number of rotatable bonds is 2. The molecule has 94 valence electrons. The first-order chi connectivity index (χ1) is 8.39. The highest BCUT2D eigenvalue weighted by Crippen LogP contribution is 2.32. The fourth-order valence-electron chi connectivity index (χ4n) is 1.23. The van der Waals surface area contributed by atoms with Gasteiger partial charge < -0.3 is 0 Å². The Kier molecular flexibility index (Phi) is 2.69. The lowest BCUT2D eigenvalue weighted by Crippen LogP contribution is -2.10. The van der Waals surface area contributed by atoms with Gasteiger partial charge in [0.15, 0.2) is 0 Å². The van der Waals surface area contributed by atoms with E-state index in [4.69, 9.17) is 0 Å². The van der Waals surface area contributed by atoms with Gasteiger partial charge in [0, 0.05) is 12.3 Å². The summed E-state index contributed by atoms with van der Waals surface area (Å²) >= 11 is 0. The van der Waals surface area contributed by atoms with Crippen molar-refractivity contribution >= 4 is 5.69 Å². The van der Waals surface area contributed by atoms with Crippen LogP contribution in [0.25, 0.3) is 5.82 Å². The minimum Gasteiger partial charge on any atom is -0.258 e. The monoisotopic (exact) mass is 259 g/mol. The van der Waals surface area contributed by atoms with Crippen molar-refractivity contribution in [1.29, 1.82) is 0 Å². The van der Waals surface area contributed by atoms with Crippen molar-refractivity contribution in [3.63, 3.8) is 0 Å². The van der Waals surface area contributed by atoms with E-state index in [0.717, 1.165) is 4.68 Å². The largest absolute Gasteiger partial charge is 0.418 e. The first kappa shape index (κ1) is 12.0. The van der Waals surface area contributed by atoms with E-state index in [1.165, 1.54) is 12.4 Å². The van der Waals surface area contributed by atoms with Crippen LogP contribution in [0.3, 0.4) is 0 Å². The number of hydrogen-bond acceptors (Lipinski definition) is 5. The van der Waals surface area contributed by atoms with Gasteiger partial charge in [0.05, 0.1) is 22.9 Å². The Morgan fingerprint density at radius 3 is 2.61 bits per heavy atom. The van der Waals surface area contributed by atoms with Crippen molar-refractivity contribution < 1.29 is 18.1 Å². The number of nitrogens with zero attached hydrogens (tertiary/aromatic N) is 5. The summed E-state index contributed by atoms with van der Waals surface area (Å²) in [5.74, 6) is -0.328. The second-order valence-corrected chi connectivity index (χ2v) is 3.17. The van der Waals surface area contributed by atoms with E-state index in [9.17, 15) is 23.3 Å². The second kappa shape index (κ2) is 4.05. The van der Waals surface area contributed by atoms with Gasteiger partial charge in [0.1, 0.15) is 0 Å². The predicted octanol–water partition coefficient (Wildman–Crippen LogP) is 1.59. The quantitative estimate of drug-likeness (QED) is 0.603. The molecule has 2 rings (SSSR count). The Morgan fingerprint density at radius 1 is 1.39 bits per heavy atom.